The molecule has 1 aromatic heterocycles. The van der Waals surface area contributed by atoms with E-state index in [9.17, 15) is 9.59 Å². The van der Waals surface area contributed by atoms with Gasteiger partial charge in [-0.05, 0) is 108 Å². The molecule has 0 spiro atoms. The van der Waals surface area contributed by atoms with E-state index in [2.05, 4.69) is 46.7 Å². The zero-order valence-electron chi connectivity index (χ0n) is 24.4. The average Bonchev–Trinajstić information content (AvgIpc) is 2.94. The number of hydrogen-bond donors (Lipinski definition) is 2. The van der Waals surface area contributed by atoms with Gasteiger partial charge in [0.25, 0.3) is 11.5 Å². The fraction of sp³-hybridized carbons (Fsp3) is 0.562. The van der Waals surface area contributed by atoms with Crippen molar-refractivity contribution >= 4 is 17.7 Å². The Hall–Kier alpha value is -2.90. The molecular weight excluding hydrogens is 488 g/mol. The van der Waals surface area contributed by atoms with Gasteiger partial charge in [0.1, 0.15) is 0 Å². The minimum atomic E-state index is -0.172. The zero-order chi connectivity index (χ0) is 28.1. The maximum Gasteiger partial charge on any atom is 0.253 e. The Kier molecular flexibility index (Phi) is 9.67. The van der Waals surface area contributed by atoms with Crippen LogP contribution in [0.5, 0.6) is 0 Å². The Bertz CT molecular complexity index is 1220. The van der Waals surface area contributed by atoms with Crippen LogP contribution in [-0.2, 0) is 11.3 Å². The Balaban J connectivity index is 1.49. The van der Waals surface area contributed by atoms with Gasteiger partial charge in [0, 0.05) is 66.9 Å². The lowest BCUT2D eigenvalue weighted by Crippen LogP contribution is -2.47. The van der Waals surface area contributed by atoms with Crippen molar-refractivity contribution in [2.75, 3.05) is 31.7 Å². The Morgan fingerprint density at radius 2 is 1.69 bits per heavy atom. The summed E-state index contributed by atoms with van der Waals surface area (Å²) in [4.78, 5) is 33.8. The van der Waals surface area contributed by atoms with E-state index >= 15 is 0 Å². The van der Waals surface area contributed by atoms with Crippen molar-refractivity contribution < 1.29 is 9.53 Å². The van der Waals surface area contributed by atoms with E-state index in [0.717, 1.165) is 73.5 Å². The standard InChI is InChI=1S/C32H46N4O3/c1-7-24-18-28(31(37)33-20-29-21(3)17-22(4)34-32(29)38)23(5)30(19-24)36(8-2)27-11-9-25(10-12-27)35(6)26-13-15-39-16-14-26/h7,17-19,25-27H,1,8-16,20H2,2-6H3,(H,33,37)(H,34,38). The predicted octanol–water partition coefficient (Wildman–Crippen LogP) is 5.12. The molecular formula is C32H46N4O3. The summed E-state index contributed by atoms with van der Waals surface area (Å²) in [6.07, 6.45) is 8.73. The first-order valence-electron chi connectivity index (χ1n) is 14.5. The van der Waals surface area contributed by atoms with Gasteiger partial charge in [-0.15, -0.1) is 0 Å². The molecule has 2 fully saturated rings. The van der Waals surface area contributed by atoms with Crippen LogP contribution in [0.3, 0.4) is 0 Å². The van der Waals surface area contributed by atoms with Crippen LogP contribution < -0.4 is 15.8 Å². The summed E-state index contributed by atoms with van der Waals surface area (Å²) in [5.41, 5.74) is 5.76. The molecule has 2 aliphatic rings. The van der Waals surface area contributed by atoms with E-state index in [1.165, 1.54) is 12.8 Å². The fourth-order valence-corrected chi connectivity index (χ4v) is 6.53. The third kappa shape index (κ3) is 6.64. The second-order valence-corrected chi connectivity index (χ2v) is 11.3. The van der Waals surface area contributed by atoms with Crippen LogP contribution in [0.2, 0.25) is 0 Å². The van der Waals surface area contributed by atoms with Crippen LogP contribution in [-0.4, -0.2) is 60.7 Å². The van der Waals surface area contributed by atoms with E-state index in [4.69, 9.17) is 4.74 Å². The molecule has 0 atom stereocenters. The van der Waals surface area contributed by atoms with Crippen LogP contribution in [0, 0.1) is 20.8 Å². The van der Waals surface area contributed by atoms with Gasteiger partial charge in [0.2, 0.25) is 0 Å². The first-order valence-corrected chi connectivity index (χ1v) is 14.5. The number of hydrogen-bond acceptors (Lipinski definition) is 5. The number of amides is 1. The van der Waals surface area contributed by atoms with Gasteiger partial charge >= 0.3 is 0 Å². The number of nitrogens with zero attached hydrogens (tertiary/aromatic N) is 2. The van der Waals surface area contributed by atoms with Crippen LogP contribution in [0.4, 0.5) is 5.69 Å². The van der Waals surface area contributed by atoms with Crippen molar-refractivity contribution in [1.29, 1.82) is 0 Å². The highest BCUT2D eigenvalue weighted by atomic mass is 16.5. The molecule has 1 aliphatic carbocycles. The zero-order valence-corrected chi connectivity index (χ0v) is 24.4. The molecule has 1 aromatic carbocycles. The minimum absolute atomic E-state index is 0.153. The maximum atomic E-state index is 13.4. The van der Waals surface area contributed by atoms with Gasteiger partial charge in [-0.1, -0.05) is 12.7 Å². The Morgan fingerprint density at radius 1 is 1.05 bits per heavy atom. The number of rotatable bonds is 9. The van der Waals surface area contributed by atoms with Crippen molar-refractivity contribution in [3.63, 3.8) is 0 Å². The molecule has 1 aliphatic heterocycles. The van der Waals surface area contributed by atoms with Crippen molar-refractivity contribution in [3.05, 3.63) is 68.6 Å². The van der Waals surface area contributed by atoms with E-state index in [1.54, 1.807) is 0 Å². The number of aromatic amines is 1. The van der Waals surface area contributed by atoms with Crippen molar-refractivity contribution in [2.24, 2.45) is 0 Å². The van der Waals surface area contributed by atoms with Crippen molar-refractivity contribution in [1.82, 2.24) is 15.2 Å². The number of carbonyl (C=O) groups excluding carboxylic acids is 1. The highest BCUT2D eigenvalue weighted by molar-refractivity contribution is 5.98. The van der Waals surface area contributed by atoms with E-state index in [-0.39, 0.29) is 18.0 Å². The molecule has 7 nitrogen and oxygen atoms in total. The molecule has 0 radical (unpaired) electrons. The number of anilines is 1. The van der Waals surface area contributed by atoms with Crippen molar-refractivity contribution in [2.45, 2.75) is 90.9 Å². The third-order valence-electron chi connectivity index (χ3n) is 8.90. The normalized spacial score (nSPS) is 20.2. The lowest BCUT2D eigenvalue weighted by atomic mass is 9.87. The molecule has 4 rings (SSSR count). The van der Waals surface area contributed by atoms with Crippen LogP contribution in [0.1, 0.15) is 83.8 Å². The highest BCUT2D eigenvalue weighted by Gasteiger charge is 2.31. The number of aromatic nitrogens is 1. The van der Waals surface area contributed by atoms with E-state index in [0.29, 0.717) is 29.3 Å². The number of benzene rings is 1. The summed E-state index contributed by atoms with van der Waals surface area (Å²) < 4.78 is 5.57. The smallest absolute Gasteiger partial charge is 0.253 e. The summed E-state index contributed by atoms with van der Waals surface area (Å²) in [6, 6.07) is 7.70. The van der Waals surface area contributed by atoms with Gasteiger partial charge < -0.3 is 24.8 Å². The number of pyridine rings is 1. The first-order chi connectivity index (χ1) is 18.7. The third-order valence-corrected chi connectivity index (χ3v) is 8.90. The monoisotopic (exact) mass is 534 g/mol. The number of ether oxygens (including phenoxy) is 1. The molecule has 2 N–H and O–H groups in total. The quantitative estimate of drug-likeness (QED) is 0.467. The van der Waals surface area contributed by atoms with Gasteiger partial charge in [-0.2, -0.15) is 0 Å². The molecule has 7 heteroatoms. The summed E-state index contributed by atoms with van der Waals surface area (Å²) in [7, 11) is 2.30. The largest absolute Gasteiger partial charge is 0.381 e. The fourth-order valence-electron chi connectivity index (χ4n) is 6.53. The van der Waals surface area contributed by atoms with E-state index < -0.39 is 0 Å². The molecule has 0 unspecified atom stereocenters. The molecule has 212 valence electrons. The summed E-state index contributed by atoms with van der Waals surface area (Å²) in [5, 5.41) is 3.00. The first kappa shape index (κ1) is 29.1. The maximum absolute atomic E-state index is 13.4. The van der Waals surface area contributed by atoms with Crippen molar-refractivity contribution in [3.8, 4) is 0 Å². The average molecular weight is 535 g/mol. The highest BCUT2D eigenvalue weighted by Crippen LogP contribution is 2.34. The van der Waals surface area contributed by atoms with Crippen LogP contribution >= 0.6 is 0 Å². The number of nitrogens with one attached hydrogen (secondary N) is 2. The van der Waals surface area contributed by atoms with Gasteiger partial charge in [-0.3, -0.25) is 9.59 Å². The molecule has 1 amide bonds. The molecule has 0 bridgehead atoms. The predicted molar refractivity (Wildman–Crippen MR) is 160 cm³/mol. The van der Waals surface area contributed by atoms with Crippen LogP contribution in [0.25, 0.3) is 6.08 Å². The molecule has 2 heterocycles. The Morgan fingerprint density at radius 3 is 2.31 bits per heavy atom. The summed E-state index contributed by atoms with van der Waals surface area (Å²) in [6.45, 7) is 14.8. The van der Waals surface area contributed by atoms with Gasteiger partial charge in [-0.25, -0.2) is 0 Å². The SMILES string of the molecule is C=Cc1cc(C(=O)NCc2c(C)cc(C)[nH]c2=O)c(C)c(N(CC)C2CCC(N(C)C3CCOCC3)CC2)c1. The Labute approximate surface area is 233 Å². The van der Waals surface area contributed by atoms with Crippen LogP contribution in [0.15, 0.2) is 29.6 Å². The molecule has 2 aromatic rings. The van der Waals surface area contributed by atoms with E-state index in [1.807, 2.05) is 39.0 Å². The minimum Gasteiger partial charge on any atom is -0.381 e. The van der Waals surface area contributed by atoms with Gasteiger partial charge in [0.15, 0.2) is 0 Å². The molecule has 1 saturated carbocycles. The molecule has 39 heavy (non-hydrogen) atoms. The second-order valence-electron chi connectivity index (χ2n) is 11.3. The topological polar surface area (TPSA) is 77.7 Å². The number of carbonyl (C=O) groups is 1. The van der Waals surface area contributed by atoms with Gasteiger partial charge in [0.05, 0.1) is 0 Å². The lowest BCUT2D eigenvalue weighted by Gasteiger charge is -2.43. The lowest BCUT2D eigenvalue weighted by molar-refractivity contribution is 0.0209. The summed E-state index contributed by atoms with van der Waals surface area (Å²) in [5.74, 6) is -0.172. The second kappa shape index (κ2) is 13.0. The molecule has 1 saturated heterocycles. The number of aryl methyl sites for hydroxylation is 2. The number of H-pyrrole nitrogens is 1. The summed E-state index contributed by atoms with van der Waals surface area (Å²) >= 11 is 0.